The van der Waals surface area contributed by atoms with Crippen LogP contribution < -0.4 is 0 Å². The number of aromatic nitrogens is 1. The van der Waals surface area contributed by atoms with Crippen molar-refractivity contribution in [1.82, 2.24) is 4.98 Å². The first-order chi connectivity index (χ1) is 7.22. The first-order valence-electron chi connectivity index (χ1n) is 5.81. The van der Waals surface area contributed by atoms with Crippen LogP contribution in [0.2, 0.25) is 0 Å². The maximum absolute atomic E-state index is 10.4. The van der Waals surface area contributed by atoms with Crippen LogP contribution in [0.4, 0.5) is 0 Å². The van der Waals surface area contributed by atoms with Crippen LogP contribution in [0.15, 0.2) is 11.7 Å². The molecule has 0 saturated heterocycles. The molecular formula is C12H19NOS. The molecule has 1 aliphatic rings. The van der Waals surface area contributed by atoms with Crippen molar-refractivity contribution in [1.29, 1.82) is 0 Å². The summed E-state index contributed by atoms with van der Waals surface area (Å²) in [4.78, 5) is 5.27. The molecule has 1 aromatic rings. The maximum Gasteiger partial charge on any atom is 0.0794 e. The lowest BCUT2D eigenvalue weighted by atomic mass is 9.76. The van der Waals surface area contributed by atoms with E-state index in [9.17, 15) is 5.11 Å². The van der Waals surface area contributed by atoms with Gasteiger partial charge in [0.2, 0.25) is 0 Å². The van der Waals surface area contributed by atoms with Crippen molar-refractivity contribution in [3.05, 3.63) is 16.6 Å². The van der Waals surface area contributed by atoms with Gasteiger partial charge in [0.15, 0.2) is 0 Å². The summed E-state index contributed by atoms with van der Waals surface area (Å²) >= 11 is 1.65. The number of hydrogen-bond donors (Lipinski definition) is 1. The Bertz CT molecular complexity index is 289. The van der Waals surface area contributed by atoms with E-state index >= 15 is 0 Å². The smallest absolute Gasteiger partial charge is 0.0794 e. The van der Waals surface area contributed by atoms with Crippen molar-refractivity contribution in [2.45, 2.75) is 51.0 Å². The number of hydrogen-bond acceptors (Lipinski definition) is 3. The molecule has 2 nitrogen and oxygen atoms in total. The Labute approximate surface area is 95.4 Å². The van der Waals surface area contributed by atoms with Gasteiger partial charge < -0.3 is 5.11 Å². The molecule has 0 aliphatic heterocycles. The van der Waals surface area contributed by atoms with Gasteiger partial charge in [-0.15, -0.1) is 11.3 Å². The standard InChI is InChI=1S/C12H19NOS/c1-2-10-3-5-12(14,6-4-10)7-11-8-13-9-15-11/h8-10,14H,2-7H2,1H3. The average molecular weight is 225 g/mol. The molecule has 1 heterocycles. The molecule has 15 heavy (non-hydrogen) atoms. The lowest BCUT2D eigenvalue weighted by Crippen LogP contribution is -2.35. The second kappa shape index (κ2) is 4.62. The minimum absolute atomic E-state index is 0.446. The van der Waals surface area contributed by atoms with Gasteiger partial charge in [-0.2, -0.15) is 0 Å². The summed E-state index contributed by atoms with van der Waals surface area (Å²) in [7, 11) is 0. The SMILES string of the molecule is CCC1CCC(O)(Cc2cncs2)CC1. The van der Waals surface area contributed by atoms with Gasteiger partial charge in [-0.25, -0.2) is 0 Å². The van der Waals surface area contributed by atoms with E-state index in [1.54, 1.807) is 11.3 Å². The highest BCUT2D eigenvalue weighted by Gasteiger charge is 2.32. The molecule has 0 bridgehead atoms. The van der Waals surface area contributed by atoms with E-state index in [1.165, 1.54) is 24.1 Å². The highest BCUT2D eigenvalue weighted by molar-refractivity contribution is 7.09. The van der Waals surface area contributed by atoms with E-state index in [0.717, 1.165) is 25.2 Å². The Morgan fingerprint density at radius 2 is 2.27 bits per heavy atom. The van der Waals surface area contributed by atoms with Gasteiger partial charge in [-0.3, -0.25) is 4.98 Å². The monoisotopic (exact) mass is 225 g/mol. The first kappa shape index (κ1) is 11.1. The molecule has 0 atom stereocenters. The highest BCUT2D eigenvalue weighted by atomic mass is 32.1. The second-order valence-electron chi connectivity index (χ2n) is 4.72. The molecule has 3 heteroatoms. The Morgan fingerprint density at radius 3 is 2.80 bits per heavy atom. The molecule has 1 N–H and O–H groups in total. The third kappa shape index (κ3) is 2.79. The Balaban J connectivity index is 1.92. The molecular weight excluding hydrogens is 206 g/mol. The Morgan fingerprint density at radius 1 is 1.53 bits per heavy atom. The van der Waals surface area contributed by atoms with Gasteiger partial charge in [0.1, 0.15) is 0 Å². The van der Waals surface area contributed by atoms with Crippen LogP contribution in [0.3, 0.4) is 0 Å². The van der Waals surface area contributed by atoms with Crippen LogP contribution >= 0.6 is 11.3 Å². The van der Waals surface area contributed by atoms with Crippen LogP contribution in [-0.4, -0.2) is 15.7 Å². The summed E-state index contributed by atoms with van der Waals surface area (Å²) < 4.78 is 0. The zero-order chi connectivity index (χ0) is 10.7. The summed E-state index contributed by atoms with van der Waals surface area (Å²) in [6.45, 7) is 2.25. The zero-order valence-corrected chi connectivity index (χ0v) is 10.1. The fourth-order valence-corrected chi connectivity index (χ4v) is 3.18. The lowest BCUT2D eigenvalue weighted by molar-refractivity contribution is -0.00860. The van der Waals surface area contributed by atoms with Gasteiger partial charge in [0.05, 0.1) is 11.1 Å². The predicted octanol–water partition coefficient (Wildman–Crippen LogP) is 3.02. The van der Waals surface area contributed by atoms with Gasteiger partial charge in [0, 0.05) is 17.5 Å². The quantitative estimate of drug-likeness (QED) is 0.857. The molecule has 0 spiro atoms. The van der Waals surface area contributed by atoms with Gasteiger partial charge in [0.25, 0.3) is 0 Å². The van der Waals surface area contributed by atoms with Crippen LogP contribution in [0, 0.1) is 5.92 Å². The van der Waals surface area contributed by atoms with E-state index in [2.05, 4.69) is 11.9 Å². The summed E-state index contributed by atoms with van der Waals surface area (Å²) in [6, 6.07) is 0. The Hall–Kier alpha value is -0.410. The largest absolute Gasteiger partial charge is 0.390 e. The van der Waals surface area contributed by atoms with E-state index < -0.39 is 5.60 Å². The van der Waals surface area contributed by atoms with Crippen LogP contribution in [0.1, 0.15) is 43.9 Å². The van der Waals surface area contributed by atoms with Crippen molar-refractivity contribution >= 4 is 11.3 Å². The summed E-state index contributed by atoms with van der Waals surface area (Å²) in [5.41, 5.74) is 1.40. The Kier molecular flexibility index (Phi) is 3.42. The number of thiazole rings is 1. The molecule has 1 saturated carbocycles. The average Bonchev–Trinajstić information content (AvgIpc) is 2.71. The van der Waals surface area contributed by atoms with E-state index in [0.29, 0.717) is 0 Å². The fraction of sp³-hybridized carbons (Fsp3) is 0.750. The molecule has 2 rings (SSSR count). The van der Waals surface area contributed by atoms with Gasteiger partial charge in [-0.05, 0) is 31.6 Å². The normalized spacial score (nSPS) is 31.7. The molecule has 1 fully saturated rings. The molecule has 0 unspecified atom stereocenters. The van der Waals surface area contributed by atoms with Crippen LogP contribution in [0.5, 0.6) is 0 Å². The van der Waals surface area contributed by atoms with Gasteiger partial charge >= 0.3 is 0 Å². The highest BCUT2D eigenvalue weighted by Crippen LogP contribution is 2.36. The third-order valence-electron chi connectivity index (χ3n) is 3.60. The molecule has 0 aromatic carbocycles. The summed E-state index contributed by atoms with van der Waals surface area (Å²) in [6.07, 6.45) is 8.24. The summed E-state index contributed by atoms with van der Waals surface area (Å²) in [5.74, 6) is 0.840. The van der Waals surface area contributed by atoms with E-state index in [1.807, 2.05) is 11.7 Å². The number of rotatable bonds is 3. The minimum Gasteiger partial charge on any atom is -0.390 e. The minimum atomic E-state index is -0.446. The molecule has 0 radical (unpaired) electrons. The molecule has 84 valence electrons. The van der Waals surface area contributed by atoms with Crippen molar-refractivity contribution < 1.29 is 5.11 Å². The number of aliphatic hydroxyl groups is 1. The molecule has 0 amide bonds. The van der Waals surface area contributed by atoms with Crippen molar-refractivity contribution in [2.24, 2.45) is 5.92 Å². The van der Waals surface area contributed by atoms with Crippen LogP contribution in [-0.2, 0) is 6.42 Å². The second-order valence-corrected chi connectivity index (χ2v) is 5.69. The number of nitrogens with zero attached hydrogens (tertiary/aromatic N) is 1. The zero-order valence-electron chi connectivity index (χ0n) is 9.28. The van der Waals surface area contributed by atoms with Crippen molar-refractivity contribution in [3.63, 3.8) is 0 Å². The first-order valence-corrected chi connectivity index (χ1v) is 6.69. The summed E-state index contributed by atoms with van der Waals surface area (Å²) in [5, 5.41) is 10.4. The third-order valence-corrected chi connectivity index (χ3v) is 4.38. The lowest BCUT2D eigenvalue weighted by Gasteiger charge is -2.35. The molecule has 1 aromatic heterocycles. The van der Waals surface area contributed by atoms with Crippen LogP contribution in [0.25, 0.3) is 0 Å². The molecule has 1 aliphatic carbocycles. The fourth-order valence-electron chi connectivity index (χ4n) is 2.45. The van der Waals surface area contributed by atoms with Crippen molar-refractivity contribution in [3.8, 4) is 0 Å². The van der Waals surface area contributed by atoms with E-state index in [-0.39, 0.29) is 0 Å². The van der Waals surface area contributed by atoms with Crippen molar-refractivity contribution in [2.75, 3.05) is 0 Å². The maximum atomic E-state index is 10.4. The predicted molar refractivity (Wildman–Crippen MR) is 63.0 cm³/mol. The van der Waals surface area contributed by atoms with Gasteiger partial charge in [-0.1, -0.05) is 13.3 Å². The topological polar surface area (TPSA) is 33.1 Å². The van der Waals surface area contributed by atoms with E-state index in [4.69, 9.17) is 0 Å².